The maximum Gasteiger partial charge on any atom is 0.122 e. The van der Waals surface area contributed by atoms with Crippen molar-refractivity contribution in [3.63, 3.8) is 0 Å². The summed E-state index contributed by atoms with van der Waals surface area (Å²) in [6.45, 7) is 6.16. The fraction of sp³-hybridized carbons (Fsp3) is 0.429. The van der Waals surface area contributed by atoms with Crippen molar-refractivity contribution in [1.29, 1.82) is 0 Å². The summed E-state index contributed by atoms with van der Waals surface area (Å²) in [7, 11) is 0. The lowest BCUT2D eigenvalue weighted by atomic mass is 10.1. The average Bonchev–Trinajstić information content (AvgIpc) is 2.26. The molecule has 0 aliphatic carbocycles. The second kappa shape index (κ2) is 6.19. The highest BCUT2D eigenvalue weighted by molar-refractivity contribution is 5.36. The lowest BCUT2D eigenvalue weighted by Crippen LogP contribution is -1.99. The third kappa shape index (κ3) is 3.60. The highest BCUT2D eigenvalue weighted by atomic mass is 16.5. The number of aryl methyl sites for hydroxylation is 1. The summed E-state index contributed by atoms with van der Waals surface area (Å²) in [6.07, 6.45) is 0.312. The van der Waals surface area contributed by atoms with Crippen LogP contribution in [0.1, 0.15) is 37.5 Å². The van der Waals surface area contributed by atoms with Gasteiger partial charge in [0.15, 0.2) is 0 Å². The fourth-order valence-electron chi connectivity index (χ4n) is 1.43. The van der Waals surface area contributed by atoms with E-state index in [4.69, 9.17) is 4.74 Å². The molecule has 0 saturated heterocycles. The first-order valence-electron chi connectivity index (χ1n) is 5.46. The molecule has 0 bridgehead atoms. The minimum atomic E-state index is -0.432. The zero-order valence-electron chi connectivity index (χ0n) is 10.1. The molecule has 0 aliphatic heterocycles. The van der Waals surface area contributed by atoms with Crippen LogP contribution in [0.2, 0.25) is 0 Å². The highest BCUT2D eigenvalue weighted by Crippen LogP contribution is 2.22. The van der Waals surface area contributed by atoms with Crippen molar-refractivity contribution in [2.75, 3.05) is 6.61 Å². The lowest BCUT2D eigenvalue weighted by Gasteiger charge is -2.11. The molecule has 0 aliphatic rings. The van der Waals surface area contributed by atoms with Gasteiger partial charge >= 0.3 is 0 Å². The van der Waals surface area contributed by atoms with Crippen molar-refractivity contribution >= 4 is 0 Å². The highest BCUT2D eigenvalue weighted by Gasteiger charge is 2.04. The van der Waals surface area contributed by atoms with Crippen LogP contribution >= 0.6 is 0 Å². The van der Waals surface area contributed by atoms with Crippen LogP contribution in [0.15, 0.2) is 18.2 Å². The molecule has 1 aromatic rings. The van der Waals surface area contributed by atoms with E-state index in [0.29, 0.717) is 6.61 Å². The molecule has 1 unspecified atom stereocenters. The quantitative estimate of drug-likeness (QED) is 0.622. The number of hydrogen-bond donors (Lipinski definition) is 1. The number of hydrogen-bond acceptors (Lipinski definition) is 2. The van der Waals surface area contributed by atoms with Gasteiger partial charge in [-0.05, 0) is 44.0 Å². The van der Waals surface area contributed by atoms with E-state index in [1.54, 1.807) is 6.92 Å². The number of rotatable bonds is 4. The molecule has 86 valence electrons. The second-order valence-electron chi connectivity index (χ2n) is 3.73. The van der Waals surface area contributed by atoms with Crippen LogP contribution in [0.4, 0.5) is 0 Å². The molecule has 0 amide bonds. The molecule has 0 heterocycles. The van der Waals surface area contributed by atoms with Crippen molar-refractivity contribution in [3.05, 3.63) is 29.3 Å². The third-order valence-electron chi connectivity index (χ3n) is 2.34. The van der Waals surface area contributed by atoms with Gasteiger partial charge in [0.1, 0.15) is 5.75 Å². The summed E-state index contributed by atoms with van der Waals surface area (Å²) < 4.78 is 5.59. The molecule has 1 rings (SSSR count). The smallest absolute Gasteiger partial charge is 0.122 e. The van der Waals surface area contributed by atoms with Crippen LogP contribution in [-0.4, -0.2) is 11.7 Å². The topological polar surface area (TPSA) is 29.5 Å². The molecule has 0 fully saturated rings. The van der Waals surface area contributed by atoms with Gasteiger partial charge < -0.3 is 9.84 Å². The van der Waals surface area contributed by atoms with Crippen LogP contribution in [0, 0.1) is 18.8 Å². The van der Waals surface area contributed by atoms with Gasteiger partial charge in [-0.15, -0.1) is 11.8 Å². The maximum absolute atomic E-state index is 9.43. The molecular weight excluding hydrogens is 200 g/mol. The van der Waals surface area contributed by atoms with Gasteiger partial charge in [-0.1, -0.05) is 6.07 Å². The number of aliphatic hydroxyl groups is 1. The molecule has 2 nitrogen and oxygen atoms in total. The van der Waals surface area contributed by atoms with E-state index in [0.717, 1.165) is 23.3 Å². The van der Waals surface area contributed by atoms with E-state index in [2.05, 4.69) is 11.8 Å². The summed E-state index contributed by atoms with van der Waals surface area (Å²) in [5.74, 6) is 6.65. The van der Waals surface area contributed by atoms with Gasteiger partial charge in [-0.25, -0.2) is 0 Å². The minimum Gasteiger partial charge on any atom is -0.492 e. The molecule has 16 heavy (non-hydrogen) atoms. The van der Waals surface area contributed by atoms with E-state index in [-0.39, 0.29) is 0 Å². The van der Waals surface area contributed by atoms with E-state index < -0.39 is 6.10 Å². The first-order valence-corrected chi connectivity index (χ1v) is 5.46. The first-order chi connectivity index (χ1) is 7.65. The maximum atomic E-state index is 9.43. The Morgan fingerprint density at radius 3 is 2.75 bits per heavy atom. The zero-order valence-corrected chi connectivity index (χ0v) is 10.1. The molecule has 0 saturated carbocycles. The van der Waals surface area contributed by atoms with E-state index in [9.17, 15) is 5.11 Å². The number of aliphatic hydroxyl groups excluding tert-OH is 1. The normalized spacial score (nSPS) is 11.5. The van der Waals surface area contributed by atoms with Crippen molar-refractivity contribution in [3.8, 4) is 17.6 Å². The average molecular weight is 218 g/mol. The van der Waals surface area contributed by atoms with Gasteiger partial charge in [0.25, 0.3) is 0 Å². The summed E-state index contributed by atoms with van der Waals surface area (Å²) in [5.41, 5.74) is 1.96. The second-order valence-corrected chi connectivity index (χ2v) is 3.73. The SMILES string of the molecule is CC#CCCOc1ccc(C(C)O)cc1C. The van der Waals surface area contributed by atoms with Gasteiger partial charge in [0.2, 0.25) is 0 Å². The molecule has 1 atom stereocenters. The van der Waals surface area contributed by atoms with Crippen molar-refractivity contribution in [2.24, 2.45) is 0 Å². The Labute approximate surface area is 97.3 Å². The molecule has 0 aromatic heterocycles. The van der Waals surface area contributed by atoms with E-state index in [1.807, 2.05) is 32.0 Å². The van der Waals surface area contributed by atoms with E-state index >= 15 is 0 Å². The lowest BCUT2D eigenvalue weighted by molar-refractivity contribution is 0.199. The van der Waals surface area contributed by atoms with Gasteiger partial charge in [-0.2, -0.15) is 0 Å². The predicted octanol–water partition coefficient (Wildman–Crippen LogP) is 2.84. The predicted molar refractivity (Wildman–Crippen MR) is 65.4 cm³/mol. The Bertz CT molecular complexity index is 397. The molecule has 1 N–H and O–H groups in total. The Morgan fingerprint density at radius 1 is 1.44 bits per heavy atom. The fourth-order valence-corrected chi connectivity index (χ4v) is 1.43. The van der Waals surface area contributed by atoms with Crippen LogP contribution in [0.3, 0.4) is 0 Å². The van der Waals surface area contributed by atoms with Crippen LogP contribution in [0.25, 0.3) is 0 Å². The molecular formula is C14H18O2. The summed E-state index contributed by atoms with van der Waals surface area (Å²) >= 11 is 0. The number of benzene rings is 1. The van der Waals surface area contributed by atoms with E-state index in [1.165, 1.54) is 0 Å². The van der Waals surface area contributed by atoms with Gasteiger partial charge in [0.05, 0.1) is 12.7 Å². The van der Waals surface area contributed by atoms with Crippen molar-refractivity contribution in [1.82, 2.24) is 0 Å². The molecule has 0 radical (unpaired) electrons. The Balaban J connectivity index is 2.63. The third-order valence-corrected chi connectivity index (χ3v) is 2.34. The molecule has 0 spiro atoms. The summed E-state index contributed by atoms with van der Waals surface area (Å²) in [4.78, 5) is 0. The minimum absolute atomic E-state index is 0.432. The van der Waals surface area contributed by atoms with Crippen LogP contribution < -0.4 is 4.74 Å². The Morgan fingerprint density at radius 2 is 2.19 bits per heavy atom. The standard InChI is InChI=1S/C14H18O2/c1-4-5-6-9-16-14-8-7-13(12(3)15)10-11(14)2/h7-8,10,12,15H,6,9H2,1-3H3. The Hall–Kier alpha value is -1.46. The monoisotopic (exact) mass is 218 g/mol. The van der Waals surface area contributed by atoms with Gasteiger partial charge in [0, 0.05) is 6.42 Å². The summed E-state index contributed by atoms with van der Waals surface area (Å²) in [5, 5.41) is 9.43. The largest absolute Gasteiger partial charge is 0.492 e. The first kappa shape index (κ1) is 12.6. The van der Waals surface area contributed by atoms with Crippen LogP contribution in [-0.2, 0) is 0 Å². The van der Waals surface area contributed by atoms with Crippen molar-refractivity contribution in [2.45, 2.75) is 33.3 Å². The molecule has 2 heteroatoms. The molecule has 1 aromatic carbocycles. The summed E-state index contributed by atoms with van der Waals surface area (Å²) in [6, 6.07) is 5.74. The van der Waals surface area contributed by atoms with Crippen LogP contribution in [0.5, 0.6) is 5.75 Å². The van der Waals surface area contributed by atoms with Crippen molar-refractivity contribution < 1.29 is 9.84 Å². The number of ether oxygens (including phenoxy) is 1. The Kier molecular flexibility index (Phi) is 4.88. The van der Waals surface area contributed by atoms with Gasteiger partial charge in [-0.3, -0.25) is 0 Å². The zero-order chi connectivity index (χ0) is 12.0.